The van der Waals surface area contributed by atoms with E-state index in [4.69, 9.17) is 44.8 Å². The van der Waals surface area contributed by atoms with Gasteiger partial charge in [-0.05, 0) is 0 Å². The van der Waals surface area contributed by atoms with E-state index in [0.717, 1.165) is 0 Å². The van der Waals surface area contributed by atoms with Gasteiger partial charge < -0.3 is 5.71 Å². The van der Waals surface area contributed by atoms with Crippen LogP contribution in [0.25, 0.3) is 0 Å². The maximum Gasteiger partial charge on any atom is 1.00 e. The molecule has 0 rings (SSSR count). The van der Waals surface area contributed by atoms with Gasteiger partial charge in [-0.25, -0.2) is 16.8 Å². The van der Waals surface area contributed by atoms with Gasteiger partial charge in [-0.15, -0.1) is 0 Å². The molecule has 0 heterocycles. The van der Waals surface area contributed by atoms with Crippen LogP contribution in [-0.4, -0.2) is 61.7 Å². The Labute approximate surface area is 285 Å². The van der Waals surface area contributed by atoms with Gasteiger partial charge in [0.1, 0.15) is 0 Å². The predicted octanol–water partition coefficient (Wildman–Crippen LogP) is -13.5. The van der Waals surface area contributed by atoms with Crippen LogP contribution in [0.4, 0.5) is 0 Å². The van der Waals surface area contributed by atoms with Gasteiger partial charge in [0.2, 0.25) is 0 Å². The third-order valence-electron chi connectivity index (χ3n) is 0.244. The molecule has 24 heavy (non-hydrogen) atoms. The molecule has 4 atom stereocenters. The van der Waals surface area contributed by atoms with Gasteiger partial charge in [-0.3, -0.25) is 36.4 Å². The fourth-order valence-corrected chi connectivity index (χ4v) is 0. The summed E-state index contributed by atoms with van der Waals surface area (Å²) < 4.78 is 113. The minimum atomic E-state index is -2.61. The molecular weight excluding hydrogens is 541 g/mol. The van der Waals surface area contributed by atoms with Gasteiger partial charge in [0.25, 0.3) is 63.2 Å². The topological polar surface area (TPSA) is 264 Å². The molecule has 0 aromatic carbocycles. The third kappa shape index (κ3) is 105. The first-order chi connectivity index (χ1) is 8.75. The Morgan fingerprint density at radius 3 is 0.458 bits per heavy atom. The van der Waals surface area contributed by atoms with Crippen LogP contribution in [0, 0.1) is 0 Å². The summed E-state index contributed by atoms with van der Waals surface area (Å²) in [7, 11) is -10.4. The maximum absolute atomic E-state index is 9.26. The molecule has 0 aromatic heterocycles. The van der Waals surface area contributed by atoms with Crippen LogP contribution in [0.2, 0.25) is 0 Å². The molecule has 8 N–H and O–H groups in total. The fraction of sp³-hybridized carbons (Fsp3) is 0. The van der Waals surface area contributed by atoms with Crippen LogP contribution >= 0.6 is 0 Å². The summed E-state index contributed by atoms with van der Waals surface area (Å²) in [5.74, 6) is 0. The Morgan fingerprint density at radius 1 is 0.417 bits per heavy atom. The summed E-state index contributed by atoms with van der Waals surface area (Å²) in [5, 5.41) is 0. The first kappa shape index (κ1) is 52.0. The van der Waals surface area contributed by atoms with Gasteiger partial charge in [0, 0.05) is 0 Å². The van der Waals surface area contributed by atoms with Gasteiger partial charge >= 0.3 is 162 Å². The molecule has 14 nitrogen and oxygen atoms in total. The predicted molar refractivity (Wildman–Crippen MR) is 74.3 cm³/mol. The molecule has 0 saturated heterocycles. The van der Waals surface area contributed by atoms with Crippen LogP contribution in [0.15, 0.2) is 0 Å². The molecule has 0 aliphatic rings. The Morgan fingerprint density at radius 2 is 0.458 bits per heavy atom. The summed E-state index contributed by atoms with van der Waals surface area (Å²) in [4.78, 5) is 0. The zero-order chi connectivity index (χ0) is 17.5. The molecule has 24 heteroatoms. The fourth-order valence-electron chi connectivity index (χ4n) is 0. The second-order valence-corrected chi connectivity index (χ2v) is 7.41. The Balaban J connectivity index is -0.0000000113. The van der Waals surface area contributed by atoms with E-state index in [9.17, 15) is 16.8 Å². The van der Waals surface area contributed by atoms with Crippen molar-refractivity contribution in [2.45, 2.75) is 0 Å². The van der Waals surface area contributed by atoms with Crippen molar-refractivity contribution in [2.24, 2.45) is 0 Å². The summed E-state index contributed by atoms with van der Waals surface area (Å²) in [6.07, 6.45) is 0. The van der Waals surface area contributed by atoms with E-state index in [2.05, 4.69) is 0 Å². The zero-order valence-corrected chi connectivity index (χ0v) is 27.6. The summed E-state index contributed by atoms with van der Waals surface area (Å²) in [6.45, 7) is 0. The molecule has 4 unspecified atom stereocenters. The summed E-state index contributed by atoms with van der Waals surface area (Å²) >= 11 is -5.22. The second-order valence-electron chi connectivity index (χ2n) is 1.33. The molecule has 0 radical (unpaired) electrons. The Hall–Kier alpha value is 5.85. The van der Waals surface area contributed by atoms with Crippen molar-refractivity contribution in [3.8, 4) is 0 Å². The Bertz CT molecular complexity index is 334. The van der Waals surface area contributed by atoms with Crippen molar-refractivity contribution in [1.29, 1.82) is 0 Å². The SMILES string of the molecule is O=S(O)O.O=S(O)O.O=S(O)S(=O)O.O=S(O)S(=O)O.[H-].[H-].[H-].[H-].[K+].[K+].[Na+].[Na+]. The molecule has 0 spiro atoms. The number of hydrogen-bond donors (Lipinski definition) is 8. The maximum atomic E-state index is 9.26. The largest absolute Gasteiger partial charge is 1.00 e. The van der Waals surface area contributed by atoms with E-state index in [1.807, 2.05) is 0 Å². The van der Waals surface area contributed by atoms with Gasteiger partial charge in [-0.1, -0.05) is 0 Å². The van der Waals surface area contributed by atoms with Crippen molar-refractivity contribution in [2.75, 3.05) is 0 Å². The van der Waals surface area contributed by atoms with Crippen molar-refractivity contribution >= 4 is 63.2 Å². The standard InChI is InChI=1S/2K.2Na.2H2O4S2.2H2O3S.4H/c;;;;2*1-5(2)6(3)4;2*1-4(2)3;;;;/h;;;;2*(H,1,2)(H,3,4);2*(H2,1,2,3);;;;/q4*+1;;;;;4*-1. The number of rotatable bonds is 2. The minimum Gasteiger partial charge on any atom is -1.00 e. The zero-order valence-electron chi connectivity index (χ0n) is 16.5. The third-order valence-corrected chi connectivity index (χ3v) is 2.20. The van der Waals surface area contributed by atoms with Crippen molar-refractivity contribution < 1.29 is 229 Å². The van der Waals surface area contributed by atoms with Gasteiger partial charge in [0.05, 0.1) is 0 Å². The smallest absolute Gasteiger partial charge is 1.00 e. The van der Waals surface area contributed by atoms with E-state index < -0.39 is 63.2 Å². The molecule has 0 amide bonds. The summed E-state index contributed by atoms with van der Waals surface area (Å²) in [5.41, 5.74) is 0. The number of hydrogen-bond acceptors (Lipinski definition) is 6. The molecule has 0 fully saturated rings. The Kier molecular flexibility index (Phi) is 85.3. The van der Waals surface area contributed by atoms with Crippen LogP contribution in [0.5, 0.6) is 0 Å². The van der Waals surface area contributed by atoms with Gasteiger partial charge in [0.15, 0.2) is 0 Å². The molecule has 0 saturated carbocycles. The van der Waals surface area contributed by atoms with E-state index in [1.54, 1.807) is 0 Å². The molecule has 0 aromatic rings. The van der Waals surface area contributed by atoms with E-state index in [0.29, 0.717) is 0 Å². The monoisotopic (exact) mass is 552 g/mol. The van der Waals surface area contributed by atoms with Crippen molar-refractivity contribution in [1.82, 2.24) is 0 Å². The molecule has 0 aliphatic carbocycles. The second kappa shape index (κ2) is 39.3. The van der Waals surface area contributed by atoms with Crippen molar-refractivity contribution in [3.63, 3.8) is 0 Å². The van der Waals surface area contributed by atoms with Crippen LogP contribution in [0.1, 0.15) is 5.71 Å². The van der Waals surface area contributed by atoms with Crippen LogP contribution < -0.4 is 162 Å². The van der Waals surface area contributed by atoms with E-state index >= 15 is 0 Å². The van der Waals surface area contributed by atoms with Crippen LogP contribution in [0.3, 0.4) is 0 Å². The molecule has 0 aliphatic heterocycles. The van der Waals surface area contributed by atoms with Gasteiger partial charge in [-0.2, -0.15) is 8.42 Å². The first-order valence-electron chi connectivity index (χ1n) is 2.79. The van der Waals surface area contributed by atoms with Crippen LogP contribution in [-0.2, 0) is 63.2 Å². The molecular formula is H12K2Na2O14S6. The average molecular weight is 553 g/mol. The molecule has 0 bridgehead atoms. The average Bonchev–Trinajstić information content (AvgIpc) is 2.15. The quantitative estimate of drug-likeness (QED) is 0.0898. The minimum absolute atomic E-state index is 0. The summed E-state index contributed by atoms with van der Waals surface area (Å²) in [6, 6.07) is 0. The van der Waals surface area contributed by atoms with E-state index in [-0.39, 0.29) is 168 Å². The van der Waals surface area contributed by atoms with Crippen molar-refractivity contribution in [3.05, 3.63) is 0 Å². The first-order valence-corrected chi connectivity index (χ1v) is 10.4. The normalized spacial score (nSPS) is 12.8. The van der Waals surface area contributed by atoms with E-state index in [1.165, 1.54) is 0 Å². The molecule has 136 valence electrons.